The summed E-state index contributed by atoms with van der Waals surface area (Å²) in [7, 11) is 3.14. The second-order valence-electron chi connectivity index (χ2n) is 5.40. The number of ketones is 1. The Hall–Kier alpha value is -2.75. The third kappa shape index (κ3) is 2.80. The largest absolute Gasteiger partial charge is 0.504 e. The molecule has 2 aromatic rings. The van der Waals surface area contributed by atoms with E-state index >= 15 is 0 Å². The van der Waals surface area contributed by atoms with Gasteiger partial charge in [0.15, 0.2) is 17.3 Å². The van der Waals surface area contributed by atoms with Crippen molar-refractivity contribution >= 4 is 17.4 Å². The van der Waals surface area contributed by atoms with E-state index in [4.69, 9.17) is 9.47 Å². The first-order valence-corrected chi connectivity index (χ1v) is 7.42. The summed E-state index contributed by atoms with van der Waals surface area (Å²) in [6.45, 7) is 0. The lowest BCUT2D eigenvalue weighted by molar-refractivity contribution is -0.113. The summed E-state index contributed by atoms with van der Waals surface area (Å²) in [5.74, 6) is 1.38. The fourth-order valence-corrected chi connectivity index (χ4v) is 2.90. The summed E-state index contributed by atoms with van der Waals surface area (Å²) in [5.41, 5.74) is 3.44. The van der Waals surface area contributed by atoms with Crippen molar-refractivity contribution in [3.63, 3.8) is 0 Å². The molecule has 2 aromatic carbocycles. The van der Waals surface area contributed by atoms with Gasteiger partial charge in [0, 0.05) is 17.6 Å². The van der Waals surface area contributed by atoms with Gasteiger partial charge in [-0.25, -0.2) is 0 Å². The fourth-order valence-electron chi connectivity index (χ4n) is 2.90. The summed E-state index contributed by atoms with van der Waals surface area (Å²) in [5, 5.41) is 9.69. The van der Waals surface area contributed by atoms with Crippen LogP contribution in [0.4, 0.5) is 0 Å². The molecular formula is C19H18O4. The number of benzene rings is 2. The Bertz CT molecular complexity index is 790. The number of allylic oxidation sites excluding steroid dienone is 1. The molecule has 0 heterocycles. The molecule has 23 heavy (non-hydrogen) atoms. The van der Waals surface area contributed by atoms with Gasteiger partial charge >= 0.3 is 0 Å². The van der Waals surface area contributed by atoms with Crippen LogP contribution in [0.3, 0.4) is 0 Å². The molecule has 0 saturated heterocycles. The molecule has 4 heteroatoms. The first-order valence-electron chi connectivity index (χ1n) is 7.42. The first kappa shape index (κ1) is 15.2. The minimum absolute atomic E-state index is 0.0756. The van der Waals surface area contributed by atoms with E-state index in [0.717, 1.165) is 22.4 Å². The highest BCUT2D eigenvalue weighted by atomic mass is 16.5. The van der Waals surface area contributed by atoms with Gasteiger partial charge in [0.25, 0.3) is 0 Å². The number of hydrogen-bond acceptors (Lipinski definition) is 4. The second kappa shape index (κ2) is 6.16. The van der Waals surface area contributed by atoms with E-state index in [1.807, 2.05) is 24.3 Å². The van der Waals surface area contributed by atoms with E-state index < -0.39 is 0 Å². The van der Waals surface area contributed by atoms with E-state index in [1.165, 1.54) is 7.11 Å². The Balaban J connectivity index is 2.11. The number of carbonyl (C=O) groups is 1. The van der Waals surface area contributed by atoms with Crippen molar-refractivity contribution in [2.45, 2.75) is 12.8 Å². The van der Waals surface area contributed by atoms with Gasteiger partial charge in [-0.1, -0.05) is 18.2 Å². The minimum Gasteiger partial charge on any atom is -0.504 e. The maximum absolute atomic E-state index is 12.4. The summed E-state index contributed by atoms with van der Waals surface area (Å²) in [6.07, 6.45) is 2.99. The SMILES string of the molecule is COc1cc(/C=C2/C(=O)CCc3c(OC)cccc32)ccc1O. The smallest absolute Gasteiger partial charge is 0.163 e. The number of rotatable bonds is 3. The topological polar surface area (TPSA) is 55.8 Å². The number of phenolic OH excluding ortho intramolecular Hbond substituents is 1. The van der Waals surface area contributed by atoms with Crippen LogP contribution in [0.1, 0.15) is 23.1 Å². The number of aromatic hydroxyl groups is 1. The van der Waals surface area contributed by atoms with Crippen molar-refractivity contribution in [3.8, 4) is 17.2 Å². The van der Waals surface area contributed by atoms with Crippen LogP contribution in [0.5, 0.6) is 17.2 Å². The van der Waals surface area contributed by atoms with Gasteiger partial charge in [0.1, 0.15) is 5.75 Å². The highest BCUT2D eigenvalue weighted by Crippen LogP contribution is 2.36. The Morgan fingerprint density at radius 2 is 1.83 bits per heavy atom. The monoisotopic (exact) mass is 310 g/mol. The summed E-state index contributed by atoms with van der Waals surface area (Å²) in [4.78, 5) is 12.4. The van der Waals surface area contributed by atoms with Crippen LogP contribution in [-0.4, -0.2) is 25.1 Å². The molecule has 1 N–H and O–H groups in total. The van der Waals surface area contributed by atoms with Gasteiger partial charge in [0.2, 0.25) is 0 Å². The average Bonchev–Trinajstić information content (AvgIpc) is 2.58. The molecule has 0 aromatic heterocycles. The molecule has 0 unspecified atom stereocenters. The van der Waals surface area contributed by atoms with Crippen LogP contribution in [-0.2, 0) is 11.2 Å². The molecule has 0 amide bonds. The highest BCUT2D eigenvalue weighted by molar-refractivity contribution is 6.26. The third-order valence-electron chi connectivity index (χ3n) is 4.06. The lowest BCUT2D eigenvalue weighted by Gasteiger charge is -2.20. The van der Waals surface area contributed by atoms with Crippen LogP contribution in [0, 0.1) is 0 Å². The Morgan fingerprint density at radius 3 is 2.57 bits per heavy atom. The van der Waals surface area contributed by atoms with Crippen LogP contribution >= 0.6 is 0 Å². The lowest BCUT2D eigenvalue weighted by Crippen LogP contribution is -2.13. The first-order chi connectivity index (χ1) is 11.1. The van der Waals surface area contributed by atoms with Crippen molar-refractivity contribution < 1.29 is 19.4 Å². The van der Waals surface area contributed by atoms with Crippen molar-refractivity contribution in [1.29, 1.82) is 0 Å². The molecular weight excluding hydrogens is 292 g/mol. The molecule has 1 aliphatic rings. The van der Waals surface area contributed by atoms with Crippen LogP contribution in [0.15, 0.2) is 36.4 Å². The average molecular weight is 310 g/mol. The number of methoxy groups -OCH3 is 2. The van der Waals surface area contributed by atoms with Gasteiger partial charge in [-0.2, -0.15) is 0 Å². The molecule has 0 spiro atoms. The zero-order valence-corrected chi connectivity index (χ0v) is 13.1. The zero-order valence-electron chi connectivity index (χ0n) is 13.1. The summed E-state index contributed by atoms with van der Waals surface area (Å²) in [6, 6.07) is 10.8. The maximum atomic E-state index is 12.4. The second-order valence-corrected chi connectivity index (χ2v) is 5.40. The van der Waals surface area contributed by atoms with Crippen LogP contribution in [0.25, 0.3) is 11.6 Å². The molecule has 0 radical (unpaired) electrons. The number of ether oxygens (including phenoxy) is 2. The Labute approximate surface area is 135 Å². The number of phenols is 1. The Kier molecular flexibility index (Phi) is 4.06. The van der Waals surface area contributed by atoms with Crippen molar-refractivity contribution in [2.24, 2.45) is 0 Å². The number of hydrogen-bond donors (Lipinski definition) is 1. The number of carbonyl (C=O) groups excluding carboxylic acids is 1. The molecule has 0 atom stereocenters. The summed E-state index contributed by atoms with van der Waals surface area (Å²) < 4.78 is 10.5. The highest BCUT2D eigenvalue weighted by Gasteiger charge is 2.23. The van der Waals surface area contributed by atoms with Gasteiger partial charge in [-0.3, -0.25) is 4.79 Å². The molecule has 0 aliphatic heterocycles. The fraction of sp³-hybridized carbons (Fsp3) is 0.211. The van der Waals surface area contributed by atoms with Crippen molar-refractivity contribution in [2.75, 3.05) is 14.2 Å². The van der Waals surface area contributed by atoms with Crippen LogP contribution in [0.2, 0.25) is 0 Å². The zero-order chi connectivity index (χ0) is 16.4. The third-order valence-corrected chi connectivity index (χ3v) is 4.06. The van der Waals surface area contributed by atoms with Crippen molar-refractivity contribution in [3.05, 3.63) is 53.1 Å². The molecule has 3 rings (SSSR count). The number of fused-ring (bicyclic) bond motifs is 1. The predicted octanol–water partition coefficient (Wildman–Crippen LogP) is 3.47. The predicted molar refractivity (Wildman–Crippen MR) is 88.9 cm³/mol. The van der Waals surface area contributed by atoms with Gasteiger partial charge in [0.05, 0.1) is 14.2 Å². The van der Waals surface area contributed by atoms with Gasteiger partial charge in [-0.15, -0.1) is 0 Å². The Morgan fingerprint density at radius 1 is 1.04 bits per heavy atom. The molecule has 0 bridgehead atoms. The van der Waals surface area contributed by atoms with Gasteiger partial charge < -0.3 is 14.6 Å². The van der Waals surface area contributed by atoms with Crippen LogP contribution < -0.4 is 9.47 Å². The quantitative estimate of drug-likeness (QED) is 0.882. The normalized spacial score (nSPS) is 15.4. The molecule has 0 saturated carbocycles. The lowest BCUT2D eigenvalue weighted by atomic mass is 9.85. The van der Waals surface area contributed by atoms with E-state index in [9.17, 15) is 9.90 Å². The molecule has 1 aliphatic carbocycles. The molecule has 0 fully saturated rings. The van der Waals surface area contributed by atoms with Crippen molar-refractivity contribution in [1.82, 2.24) is 0 Å². The van der Waals surface area contributed by atoms with E-state index in [2.05, 4.69) is 0 Å². The minimum atomic E-state index is 0.0756. The standard InChI is InChI=1S/C19H18O4/c1-22-18-5-3-4-13-14(18)7-9-16(20)15(13)10-12-6-8-17(21)19(11-12)23-2/h3-6,8,10-11,21H,7,9H2,1-2H3/b15-10+. The molecule has 4 nitrogen and oxygen atoms in total. The summed E-state index contributed by atoms with van der Waals surface area (Å²) >= 11 is 0. The van der Waals surface area contributed by atoms with Gasteiger partial charge in [-0.05, 0) is 41.8 Å². The van der Waals surface area contributed by atoms with E-state index in [-0.39, 0.29) is 11.5 Å². The van der Waals surface area contributed by atoms with E-state index in [1.54, 1.807) is 25.3 Å². The molecule has 118 valence electrons. The maximum Gasteiger partial charge on any atom is 0.163 e. The van der Waals surface area contributed by atoms with E-state index in [0.29, 0.717) is 24.2 Å². The number of Topliss-reactive ketones (excluding diaryl/α,β-unsaturated/α-hetero) is 1.